The van der Waals surface area contributed by atoms with Crippen LogP contribution in [0.3, 0.4) is 0 Å². The highest BCUT2D eigenvalue weighted by Crippen LogP contribution is 2.07. The van der Waals surface area contributed by atoms with Crippen LogP contribution in [0, 0.1) is 0 Å². The van der Waals surface area contributed by atoms with Crippen LogP contribution >= 0.6 is 0 Å². The molecule has 2 unspecified atom stereocenters. The second kappa shape index (κ2) is 22.1. The average Bonchev–Trinajstić information content (AvgIpc) is 3.58. The van der Waals surface area contributed by atoms with Gasteiger partial charge in [-0.2, -0.15) is 4.90 Å². The first kappa shape index (κ1) is 38.7. The van der Waals surface area contributed by atoms with Crippen molar-refractivity contribution in [3.8, 4) is 0 Å². The van der Waals surface area contributed by atoms with E-state index in [1.807, 2.05) is 6.07 Å². The summed E-state index contributed by atoms with van der Waals surface area (Å²) in [6.07, 6.45) is 9.94. The quantitative estimate of drug-likeness (QED) is 0.195. The van der Waals surface area contributed by atoms with E-state index in [-0.39, 0.29) is 11.8 Å². The predicted octanol–water partition coefficient (Wildman–Crippen LogP) is 3.54. The van der Waals surface area contributed by atoms with Gasteiger partial charge in [0.25, 0.3) is 23.6 Å². The van der Waals surface area contributed by atoms with E-state index in [9.17, 15) is 24.0 Å². The number of nitrogens with two attached hydrogens (primary N) is 1. The van der Waals surface area contributed by atoms with E-state index in [1.165, 1.54) is 34.6 Å². The number of hydrogen-bond donors (Lipinski definition) is 3. The summed E-state index contributed by atoms with van der Waals surface area (Å²) < 4.78 is 4.18. The Bertz CT molecular complexity index is 1300. The van der Waals surface area contributed by atoms with Gasteiger partial charge < -0.3 is 21.1 Å². The molecule has 2 aliphatic rings. The van der Waals surface area contributed by atoms with Crippen LogP contribution in [0.2, 0.25) is 0 Å². The van der Waals surface area contributed by atoms with Crippen LogP contribution in [-0.2, 0) is 36.8 Å². The first-order valence-electron chi connectivity index (χ1n) is 16.1. The zero-order valence-corrected chi connectivity index (χ0v) is 27.7. The van der Waals surface area contributed by atoms with Crippen molar-refractivity contribution >= 4 is 29.7 Å². The molecule has 0 fully saturated rings. The molecule has 0 saturated carbocycles. The number of unbranched alkanes of at least 4 members (excludes halogenated alkanes) is 2. The molecule has 254 valence electrons. The summed E-state index contributed by atoms with van der Waals surface area (Å²) in [7, 11) is 1.10. The molecule has 4 N–H and O–H groups in total. The zero-order chi connectivity index (χ0) is 34.4. The monoisotopic (exact) mass is 647 g/mol. The number of ether oxygens (including phenoxy) is 1. The molecule has 5 amide bonds. The molecular formula is C36H49N5O6. The smallest absolute Gasteiger partial charge is 0.423 e. The molecule has 0 aliphatic carbocycles. The first-order valence-corrected chi connectivity index (χ1v) is 16.1. The minimum atomic E-state index is -0.954. The van der Waals surface area contributed by atoms with Gasteiger partial charge in [-0.15, -0.1) is 0 Å². The van der Waals surface area contributed by atoms with Crippen molar-refractivity contribution in [2.75, 3.05) is 33.3 Å². The summed E-state index contributed by atoms with van der Waals surface area (Å²) in [6, 6.07) is 22.0. The maximum absolute atomic E-state index is 11.4. The van der Waals surface area contributed by atoms with E-state index in [2.05, 4.69) is 83.8 Å². The first-order chi connectivity index (χ1) is 22.7. The van der Waals surface area contributed by atoms with Crippen molar-refractivity contribution < 1.29 is 28.7 Å². The zero-order valence-electron chi connectivity index (χ0n) is 27.7. The van der Waals surface area contributed by atoms with Gasteiger partial charge in [0.1, 0.15) is 0 Å². The van der Waals surface area contributed by atoms with E-state index in [0.29, 0.717) is 23.5 Å². The van der Waals surface area contributed by atoms with Gasteiger partial charge >= 0.3 is 6.09 Å². The van der Waals surface area contributed by atoms with E-state index in [1.54, 1.807) is 0 Å². The number of carbonyl (C=O) groups excluding carboxylic acids is 5. The van der Waals surface area contributed by atoms with Crippen molar-refractivity contribution in [2.24, 2.45) is 5.73 Å². The SMILES string of the molecule is CC(Cc1ccccc1)NCCCCN.CC(Cc1ccccc1)NCCCCN1C(=O)C=CC1=O.COC(=O)N1C(=O)C=CC1=O. The molecule has 0 spiro atoms. The summed E-state index contributed by atoms with van der Waals surface area (Å²) in [5.74, 6) is -1.71. The summed E-state index contributed by atoms with van der Waals surface area (Å²) >= 11 is 0. The lowest BCUT2D eigenvalue weighted by molar-refractivity contribution is -0.137. The fraction of sp³-hybridized carbons (Fsp3) is 0.417. The van der Waals surface area contributed by atoms with E-state index >= 15 is 0 Å². The molecule has 11 heteroatoms. The molecule has 11 nitrogen and oxygen atoms in total. The van der Waals surface area contributed by atoms with E-state index < -0.39 is 17.9 Å². The van der Waals surface area contributed by atoms with Gasteiger partial charge in [0.15, 0.2) is 0 Å². The van der Waals surface area contributed by atoms with Gasteiger partial charge in [0.2, 0.25) is 0 Å². The number of nitrogens with one attached hydrogen (secondary N) is 2. The van der Waals surface area contributed by atoms with E-state index in [0.717, 1.165) is 71.0 Å². The molecule has 2 aromatic carbocycles. The van der Waals surface area contributed by atoms with Gasteiger partial charge in [-0.3, -0.25) is 24.1 Å². The van der Waals surface area contributed by atoms with Gasteiger partial charge in [-0.1, -0.05) is 60.7 Å². The van der Waals surface area contributed by atoms with Crippen LogP contribution in [0.5, 0.6) is 0 Å². The Hall–Kier alpha value is -4.45. The van der Waals surface area contributed by atoms with Crippen molar-refractivity contribution in [2.45, 2.75) is 64.5 Å². The summed E-state index contributed by atoms with van der Waals surface area (Å²) in [6.45, 7) is 7.69. The Labute approximate surface area is 278 Å². The van der Waals surface area contributed by atoms with Crippen LogP contribution in [0.25, 0.3) is 0 Å². The van der Waals surface area contributed by atoms with Crippen LogP contribution < -0.4 is 16.4 Å². The number of carbonyl (C=O) groups is 5. The van der Waals surface area contributed by atoms with Crippen LogP contribution in [0.15, 0.2) is 85.0 Å². The fourth-order valence-corrected chi connectivity index (χ4v) is 4.76. The Morgan fingerprint density at radius 3 is 1.53 bits per heavy atom. The van der Waals surface area contributed by atoms with Crippen LogP contribution in [-0.4, -0.2) is 84.9 Å². The van der Waals surface area contributed by atoms with E-state index in [4.69, 9.17) is 5.73 Å². The molecule has 0 bridgehead atoms. The molecule has 47 heavy (non-hydrogen) atoms. The lowest BCUT2D eigenvalue weighted by Crippen LogP contribution is -2.35. The molecular weight excluding hydrogens is 598 g/mol. The molecule has 4 rings (SSSR count). The second-order valence-corrected chi connectivity index (χ2v) is 11.3. The minimum Gasteiger partial charge on any atom is -0.452 e. The standard InChI is InChI=1S/C17H22N2O2.C13H22N2.C6H5NO4/c1-14(13-15-7-3-2-4-8-15)18-11-5-6-12-19-16(20)9-10-17(19)21;1-12(15-10-6-5-9-14)11-13-7-3-2-4-8-13;1-11-6(10)7-4(8)2-3-5(7)9/h2-4,7-10,14,18H,5-6,11-13H2,1H3;2-4,7-8,12,15H,5-6,9-11,14H2,1H3;2-3H,1H3. The van der Waals surface area contributed by atoms with Gasteiger partial charge in [-0.25, -0.2) is 4.79 Å². The maximum Gasteiger partial charge on any atom is 0.423 e. The van der Waals surface area contributed by atoms with Crippen LogP contribution in [0.1, 0.15) is 50.7 Å². The summed E-state index contributed by atoms with van der Waals surface area (Å²) in [5.41, 5.74) is 8.17. The van der Waals surface area contributed by atoms with Crippen molar-refractivity contribution in [1.82, 2.24) is 20.4 Å². The fourth-order valence-electron chi connectivity index (χ4n) is 4.76. The molecule has 0 radical (unpaired) electrons. The number of methoxy groups -OCH3 is 1. The number of benzene rings is 2. The van der Waals surface area contributed by atoms with Crippen molar-refractivity contribution in [1.29, 1.82) is 0 Å². The average molecular weight is 648 g/mol. The predicted molar refractivity (Wildman–Crippen MR) is 182 cm³/mol. The third-order valence-electron chi connectivity index (χ3n) is 7.26. The van der Waals surface area contributed by atoms with Crippen molar-refractivity contribution in [3.05, 3.63) is 96.1 Å². The number of rotatable bonds is 15. The lowest BCUT2D eigenvalue weighted by Gasteiger charge is -2.16. The highest BCUT2D eigenvalue weighted by atomic mass is 16.5. The Morgan fingerprint density at radius 2 is 1.11 bits per heavy atom. The normalized spacial score (nSPS) is 14.8. The lowest BCUT2D eigenvalue weighted by atomic mass is 10.1. The van der Waals surface area contributed by atoms with Crippen LogP contribution in [0.4, 0.5) is 4.79 Å². The second-order valence-electron chi connectivity index (χ2n) is 11.3. The number of imide groups is 4. The Morgan fingerprint density at radius 1 is 0.681 bits per heavy atom. The Kier molecular flexibility index (Phi) is 18.2. The molecule has 2 aliphatic heterocycles. The van der Waals surface area contributed by atoms with Gasteiger partial charge in [-0.05, 0) is 83.1 Å². The molecule has 2 heterocycles. The highest BCUT2D eigenvalue weighted by molar-refractivity contribution is 6.21. The van der Waals surface area contributed by atoms with Gasteiger partial charge in [0.05, 0.1) is 7.11 Å². The third-order valence-corrected chi connectivity index (χ3v) is 7.26. The summed E-state index contributed by atoms with van der Waals surface area (Å²) in [5, 5.41) is 6.99. The number of nitrogens with zero attached hydrogens (tertiary/aromatic N) is 2. The minimum absolute atomic E-state index is 0.189. The number of amides is 5. The molecule has 0 saturated heterocycles. The highest BCUT2D eigenvalue weighted by Gasteiger charge is 2.30. The molecule has 0 aromatic heterocycles. The largest absolute Gasteiger partial charge is 0.452 e. The number of hydrogen-bond acceptors (Lipinski definition) is 9. The maximum atomic E-state index is 11.4. The molecule has 2 atom stereocenters. The van der Waals surface area contributed by atoms with Crippen molar-refractivity contribution in [3.63, 3.8) is 0 Å². The third kappa shape index (κ3) is 15.1. The summed E-state index contributed by atoms with van der Waals surface area (Å²) in [4.78, 5) is 56.5. The topological polar surface area (TPSA) is 151 Å². The van der Waals surface area contributed by atoms with Gasteiger partial charge in [0, 0.05) is 42.9 Å². The Balaban J connectivity index is 0.000000259. The molecule has 2 aromatic rings.